The van der Waals surface area contributed by atoms with Crippen molar-refractivity contribution in [2.75, 3.05) is 26.2 Å². The van der Waals surface area contributed by atoms with Gasteiger partial charge in [-0.3, -0.25) is 9.69 Å². The lowest BCUT2D eigenvalue weighted by Crippen LogP contribution is -2.43. The van der Waals surface area contributed by atoms with E-state index in [-0.39, 0.29) is 5.97 Å². The van der Waals surface area contributed by atoms with Gasteiger partial charge in [0, 0.05) is 26.6 Å². The van der Waals surface area contributed by atoms with Crippen LogP contribution >= 0.6 is 0 Å². The number of esters is 1. The molecule has 0 bridgehead atoms. The summed E-state index contributed by atoms with van der Waals surface area (Å²) in [6.07, 6.45) is 7.36. The summed E-state index contributed by atoms with van der Waals surface area (Å²) in [5, 5.41) is 0. The summed E-state index contributed by atoms with van der Waals surface area (Å²) in [6, 6.07) is 0. The molecule has 0 amide bonds. The molecule has 0 spiro atoms. The Morgan fingerprint density at radius 1 is 0.963 bits per heavy atom. The smallest absolute Gasteiger partial charge is 0.302 e. The van der Waals surface area contributed by atoms with Crippen molar-refractivity contribution in [2.45, 2.75) is 61.3 Å². The van der Waals surface area contributed by atoms with Crippen LogP contribution in [0.2, 0.25) is 0 Å². The van der Waals surface area contributed by atoms with Gasteiger partial charge in [0.2, 0.25) is 0 Å². The van der Waals surface area contributed by atoms with E-state index in [2.05, 4.69) is 58.6 Å². The Labute approximate surface area is 167 Å². The van der Waals surface area contributed by atoms with E-state index in [1.54, 1.807) is 0 Å². The fourth-order valence-electron chi connectivity index (χ4n) is 5.50. The zero-order chi connectivity index (χ0) is 20.1. The normalized spacial score (nSPS) is 34.2. The van der Waals surface area contributed by atoms with Gasteiger partial charge in [-0.2, -0.15) is 0 Å². The summed E-state index contributed by atoms with van der Waals surface area (Å²) < 4.78 is 5.29. The number of nitrogens with zero attached hydrogens (tertiary/aromatic N) is 1. The lowest BCUT2D eigenvalue weighted by Gasteiger charge is -2.41. The van der Waals surface area contributed by atoms with Gasteiger partial charge in [0.25, 0.3) is 0 Å². The van der Waals surface area contributed by atoms with E-state index in [0.29, 0.717) is 42.1 Å². The van der Waals surface area contributed by atoms with Crippen molar-refractivity contribution in [3.8, 4) is 0 Å². The summed E-state index contributed by atoms with van der Waals surface area (Å²) in [4.78, 5) is 13.8. The van der Waals surface area contributed by atoms with Crippen LogP contribution in [0.5, 0.6) is 0 Å². The quantitative estimate of drug-likeness (QED) is 0.445. The first-order valence-corrected chi connectivity index (χ1v) is 10.9. The summed E-state index contributed by atoms with van der Waals surface area (Å²) in [5.74, 6) is 3.84. The van der Waals surface area contributed by atoms with E-state index in [0.717, 1.165) is 19.6 Å². The summed E-state index contributed by atoms with van der Waals surface area (Å²) in [5.41, 5.74) is 3.07. The highest BCUT2D eigenvalue weighted by atomic mass is 16.5. The van der Waals surface area contributed by atoms with Gasteiger partial charge in [-0.05, 0) is 62.2 Å². The topological polar surface area (TPSA) is 29.5 Å². The molecule has 2 aliphatic rings. The van der Waals surface area contributed by atoms with E-state index in [1.165, 1.54) is 30.9 Å². The third-order valence-electron chi connectivity index (χ3n) is 6.85. The van der Waals surface area contributed by atoms with Crippen molar-refractivity contribution >= 4 is 5.97 Å². The number of ether oxygens (including phenoxy) is 1. The molecule has 0 saturated heterocycles. The Bertz CT molecular complexity index is 525. The molecule has 154 valence electrons. The van der Waals surface area contributed by atoms with Crippen molar-refractivity contribution in [1.29, 1.82) is 0 Å². The number of carbonyl (C=O) groups excluding carboxylic acids is 1. The maximum absolute atomic E-state index is 11.2. The van der Waals surface area contributed by atoms with Crippen LogP contribution < -0.4 is 0 Å². The molecule has 27 heavy (non-hydrogen) atoms. The molecule has 2 rings (SSSR count). The van der Waals surface area contributed by atoms with Crippen LogP contribution in [0.1, 0.15) is 61.3 Å². The molecule has 0 aromatic rings. The second-order valence-corrected chi connectivity index (χ2v) is 9.53. The van der Waals surface area contributed by atoms with Crippen molar-refractivity contribution in [3.05, 3.63) is 23.3 Å². The second kappa shape index (κ2) is 9.91. The van der Waals surface area contributed by atoms with Crippen LogP contribution in [0.4, 0.5) is 0 Å². The summed E-state index contributed by atoms with van der Waals surface area (Å²) in [6.45, 7) is 19.1. The van der Waals surface area contributed by atoms with Crippen LogP contribution in [0.15, 0.2) is 23.3 Å². The van der Waals surface area contributed by atoms with Crippen LogP contribution in [0.25, 0.3) is 0 Å². The van der Waals surface area contributed by atoms with Crippen molar-refractivity contribution in [2.24, 2.45) is 35.5 Å². The predicted octanol–water partition coefficient (Wildman–Crippen LogP) is 5.33. The van der Waals surface area contributed by atoms with Gasteiger partial charge in [0.05, 0.1) is 0 Å². The molecule has 0 saturated carbocycles. The second-order valence-electron chi connectivity index (χ2n) is 9.53. The van der Waals surface area contributed by atoms with Crippen LogP contribution in [0, 0.1) is 35.5 Å². The standard InChI is InChI=1S/C24H41NO2/c1-16-10-18(3)23(19(4)11-16)14-25(8-9-27-22(7)26)15-24-20(5)12-17(2)13-21(24)6/h10,12,18-21,23-24H,8-9,11,13-15H2,1-7H3/t18-,19+,20-,21+,23-,24-/m1/s1. The van der Waals surface area contributed by atoms with Gasteiger partial charge in [-0.25, -0.2) is 0 Å². The van der Waals surface area contributed by atoms with Crippen LogP contribution in [-0.2, 0) is 9.53 Å². The van der Waals surface area contributed by atoms with Gasteiger partial charge in [0.1, 0.15) is 6.61 Å². The fourth-order valence-corrected chi connectivity index (χ4v) is 5.50. The monoisotopic (exact) mass is 375 g/mol. The van der Waals surface area contributed by atoms with E-state index in [4.69, 9.17) is 4.74 Å². The number of carbonyl (C=O) groups is 1. The van der Waals surface area contributed by atoms with E-state index >= 15 is 0 Å². The number of rotatable bonds is 7. The van der Waals surface area contributed by atoms with Crippen molar-refractivity contribution in [3.63, 3.8) is 0 Å². The third kappa shape index (κ3) is 6.48. The highest BCUT2D eigenvalue weighted by Gasteiger charge is 2.32. The summed E-state index contributed by atoms with van der Waals surface area (Å²) in [7, 11) is 0. The van der Waals surface area contributed by atoms with Crippen LogP contribution in [-0.4, -0.2) is 37.1 Å². The minimum absolute atomic E-state index is 0.175. The Morgan fingerprint density at radius 2 is 1.41 bits per heavy atom. The van der Waals surface area contributed by atoms with Gasteiger partial charge >= 0.3 is 5.97 Å². The molecule has 6 atom stereocenters. The Morgan fingerprint density at radius 3 is 1.78 bits per heavy atom. The van der Waals surface area contributed by atoms with Gasteiger partial charge < -0.3 is 4.74 Å². The van der Waals surface area contributed by atoms with Gasteiger partial charge in [-0.1, -0.05) is 51.0 Å². The molecule has 0 aromatic heterocycles. The zero-order valence-electron chi connectivity index (χ0n) is 18.6. The molecule has 0 unspecified atom stereocenters. The Balaban J connectivity index is 2.07. The van der Waals surface area contributed by atoms with E-state index in [1.807, 2.05) is 0 Å². The average molecular weight is 376 g/mol. The first-order chi connectivity index (χ1) is 12.7. The predicted molar refractivity (Wildman–Crippen MR) is 113 cm³/mol. The average Bonchev–Trinajstić information content (AvgIpc) is 2.53. The molecule has 0 fully saturated rings. The maximum atomic E-state index is 11.2. The van der Waals surface area contributed by atoms with Crippen LogP contribution in [0.3, 0.4) is 0 Å². The molecule has 0 aromatic carbocycles. The van der Waals surface area contributed by atoms with E-state index < -0.39 is 0 Å². The third-order valence-corrected chi connectivity index (χ3v) is 6.85. The van der Waals surface area contributed by atoms with Crippen molar-refractivity contribution < 1.29 is 9.53 Å². The zero-order valence-corrected chi connectivity index (χ0v) is 18.6. The van der Waals surface area contributed by atoms with Gasteiger partial charge in [-0.15, -0.1) is 0 Å². The maximum Gasteiger partial charge on any atom is 0.302 e. The molecule has 0 aliphatic heterocycles. The fraction of sp³-hybridized carbons (Fsp3) is 0.792. The molecular formula is C24H41NO2. The molecule has 0 radical (unpaired) electrons. The first-order valence-electron chi connectivity index (χ1n) is 10.9. The van der Waals surface area contributed by atoms with Crippen molar-refractivity contribution in [1.82, 2.24) is 4.90 Å². The Kier molecular flexibility index (Phi) is 8.15. The minimum atomic E-state index is -0.175. The molecule has 0 N–H and O–H groups in total. The van der Waals surface area contributed by atoms with E-state index in [9.17, 15) is 4.79 Å². The number of allylic oxidation sites excluding steroid dienone is 4. The lowest BCUT2D eigenvalue weighted by molar-refractivity contribution is -0.141. The lowest BCUT2D eigenvalue weighted by atomic mass is 9.73. The van der Waals surface area contributed by atoms with Gasteiger partial charge in [0.15, 0.2) is 0 Å². The Hall–Kier alpha value is -1.09. The largest absolute Gasteiger partial charge is 0.465 e. The molecule has 2 aliphatic carbocycles. The number of hydrogen-bond acceptors (Lipinski definition) is 3. The molecule has 0 heterocycles. The highest BCUT2D eigenvalue weighted by Crippen LogP contribution is 2.36. The first kappa shape index (κ1) is 22.2. The minimum Gasteiger partial charge on any atom is -0.465 e. The molecule has 3 nitrogen and oxygen atoms in total. The molecular weight excluding hydrogens is 334 g/mol. The highest BCUT2D eigenvalue weighted by molar-refractivity contribution is 5.65. The SMILES string of the molecule is CC(=O)OCCN(C[C@@H]1[C@H](C)C=C(C)C[C@@H]1C)C[C@@H]1[C@H](C)C=C(C)C[C@@H]1C. The summed E-state index contributed by atoms with van der Waals surface area (Å²) >= 11 is 0. The number of hydrogen-bond donors (Lipinski definition) is 0. The molecule has 3 heteroatoms.